The molecule has 2 saturated heterocycles. The number of pyridine rings is 1. The van der Waals surface area contributed by atoms with Crippen LogP contribution in [-0.2, 0) is 21.4 Å². The van der Waals surface area contributed by atoms with Gasteiger partial charge in [0.1, 0.15) is 17.3 Å². The van der Waals surface area contributed by atoms with Crippen molar-refractivity contribution in [1.82, 2.24) is 13.8 Å². The number of benzene rings is 1. The smallest absolute Gasteiger partial charge is 0.271 e. The molecule has 0 bridgehead atoms. The fourth-order valence-corrected chi connectivity index (χ4v) is 5.62. The van der Waals surface area contributed by atoms with Gasteiger partial charge < -0.3 is 14.4 Å². The van der Waals surface area contributed by atoms with E-state index in [1.807, 2.05) is 0 Å². The van der Waals surface area contributed by atoms with Crippen LogP contribution in [0.2, 0.25) is 0 Å². The number of rotatable bonds is 5. The van der Waals surface area contributed by atoms with Crippen LogP contribution in [0.4, 0.5) is 10.1 Å². The summed E-state index contributed by atoms with van der Waals surface area (Å²) in [5, 5.41) is 0. The second-order valence-electron chi connectivity index (χ2n) is 7.76. The molecule has 0 unspecified atom stereocenters. The molecule has 0 atom stereocenters. The number of amides is 1. The number of anilines is 1. The lowest BCUT2D eigenvalue weighted by Gasteiger charge is -2.36. The minimum absolute atomic E-state index is 0.210. The van der Waals surface area contributed by atoms with Crippen LogP contribution in [0.3, 0.4) is 0 Å². The number of carbonyl (C=O) groups excluding carboxylic acids is 1. The van der Waals surface area contributed by atoms with Gasteiger partial charge in [-0.15, -0.1) is 0 Å². The summed E-state index contributed by atoms with van der Waals surface area (Å²) in [4.78, 5) is 29.0. The molecule has 0 N–H and O–H groups in total. The average Bonchev–Trinajstić information content (AvgIpc) is 3.32. The van der Waals surface area contributed by atoms with Gasteiger partial charge >= 0.3 is 0 Å². The Kier molecular flexibility index (Phi) is 6.10. The summed E-state index contributed by atoms with van der Waals surface area (Å²) < 4.78 is 41.2. The molecule has 2 aromatic rings. The van der Waals surface area contributed by atoms with Crippen molar-refractivity contribution in [3.05, 3.63) is 58.8 Å². The van der Waals surface area contributed by atoms with Crippen molar-refractivity contribution in [3.8, 4) is 0 Å². The second kappa shape index (κ2) is 8.80. The lowest BCUT2D eigenvalue weighted by Crippen LogP contribution is -2.50. The van der Waals surface area contributed by atoms with E-state index in [4.69, 9.17) is 0 Å². The maximum atomic E-state index is 13.1. The molecule has 0 saturated carbocycles. The Bertz CT molecular complexity index is 1100. The fourth-order valence-electron chi connectivity index (χ4n) is 4.01. The molecule has 0 radical (unpaired) electrons. The molecule has 8 nitrogen and oxygen atoms in total. The van der Waals surface area contributed by atoms with Crippen LogP contribution in [0.5, 0.6) is 0 Å². The summed E-state index contributed by atoms with van der Waals surface area (Å²) in [6.45, 7) is 2.74. The summed E-state index contributed by atoms with van der Waals surface area (Å²) in [6.07, 6.45) is 3.00. The number of halogens is 1. The Morgan fingerprint density at radius 2 is 1.58 bits per heavy atom. The molecular weight excluding hydrogens is 423 g/mol. The SMILES string of the molecule is O=C(Cn1cccc(S(=O)(=O)N2CCCC2)c1=O)N1CCN(c2ccc(F)cc2)CC1. The first-order valence-corrected chi connectivity index (χ1v) is 11.8. The number of hydrogen-bond donors (Lipinski definition) is 0. The number of aromatic nitrogens is 1. The van der Waals surface area contributed by atoms with E-state index in [2.05, 4.69) is 4.90 Å². The van der Waals surface area contributed by atoms with Gasteiger partial charge in [0.25, 0.3) is 5.56 Å². The van der Waals surface area contributed by atoms with Gasteiger partial charge in [0.2, 0.25) is 15.9 Å². The van der Waals surface area contributed by atoms with Crippen molar-refractivity contribution in [2.45, 2.75) is 24.3 Å². The Morgan fingerprint density at radius 1 is 0.935 bits per heavy atom. The number of piperazine rings is 1. The minimum Gasteiger partial charge on any atom is -0.368 e. The van der Waals surface area contributed by atoms with E-state index in [-0.39, 0.29) is 23.2 Å². The lowest BCUT2D eigenvalue weighted by atomic mass is 10.2. The topological polar surface area (TPSA) is 82.9 Å². The standard InChI is InChI=1S/C21H25FN4O4S/c22-17-5-7-18(8-6-17)23-12-14-24(15-13-23)20(27)16-25-9-3-4-19(21(25)28)31(29,30)26-10-1-2-11-26/h3-9H,1-2,10-16H2. The van der Waals surface area contributed by atoms with Gasteiger partial charge in [-0.05, 0) is 49.2 Å². The molecule has 0 spiro atoms. The third-order valence-corrected chi connectivity index (χ3v) is 7.71. The largest absolute Gasteiger partial charge is 0.368 e. The first-order valence-electron chi connectivity index (χ1n) is 10.3. The predicted molar refractivity (Wildman–Crippen MR) is 114 cm³/mol. The van der Waals surface area contributed by atoms with E-state index >= 15 is 0 Å². The van der Waals surface area contributed by atoms with E-state index in [1.165, 1.54) is 34.8 Å². The zero-order valence-electron chi connectivity index (χ0n) is 17.1. The average molecular weight is 449 g/mol. The summed E-state index contributed by atoms with van der Waals surface area (Å²) in [7, 11) is -3.85. The zero-order valence-corrected chi connectivity index (χ0v) is 17.9. The van der Waals surface area contributed by atoms with E-state index in [0.717, 1.165) is 23.1 Å². The van der Waals surface area contributed by atoms with Gasteiger partial charge in [0, 0.05) is 51.2 Å². The van der Waals surface area contributed by atoms with Gasteiger partial charge in [-0.25, -0.2) is 12.8 Å². The summed E-state index contributed by atoms with van der Waals surface area (Å²) in [5.74, 6) is -0.534. The lowest BCUT2D eigenvalue weighted by molar-refractivity contribution is -0.132. The van der Waals surface area contributed by atoms with Crippen molar-refractivity contribution < 1.29 is 17.6 Å². The number of carbonyl (C=O) groups is 1. The molecule has 1 aromatic carbocycles. The number of hydrogen-bond acceptors (Lipinski definition) is 5. The molecule has 0 aliphatic carbocycles. The molecule has 166 valence electrons. The maximum absolute atomic E-state index is 13.1. The molecule has 1 amide bonds. The Labute approximate surface area is 180 Å². The van der Waals surface area contributed by atoms with Crippen molar-refractivity contribution in [2.24, 2.45) is 0 Å². The first-order chi connectivity index (χ1) is 14.9. The third-order valence-electron chi connectivity index (χ3n) is 5.80. The molecule has 10 heteroatoms. The molecule has 2 aliphatic heterocycles. The molecule has 31 heavy (non-hydrogen) atoms. The van der Waals surface area contributed by atoms with Gasteiger partial charge in [0.15, 0.2) is 0 Å². The van der Waals surface area contributed by atoms with Gasteiger partial charge in [-0.2, -0.15) is 4.31 Å². The van der Waals surface area contributed by atoms with E-state index < -0.39 is 15.6 Å². The highest BCUT2D eigenvalue weighted by atomic mass is 32.2. The minimum atomic E-state index is -3.85. The summed E-state index contributed by atoms with van der Waals surface area (Å²) >= 11 is 0. The van der Waals surface area contributed by atoms with Crippen LogP contribution < -0.4 is 10.5 Å². The number of sulfonamides is 1. The van der Waals surface area contributed by atoms with Crippen LogP contribution in [0.15, 0.2) is 52.3 Å². The van der Waals surface area contributed by atoms with Crippen LogP contribution >= 0.6 is 0 Å². The highest BCUT2D eigenvalue weighted by Crippen LogP contribution is 2.19. The Balaban J connectivity index is 1.42. The van der Waals surface area contributed by atoms with Crippen LogP contribution in [0.25, 0.3) is 0 Å². The Morgan fingerprint density at radius 3 is 2.23 bits per heavy atom. The van der Waals surface area contributed by atoms with Crippen molar-refractivity contribution in [3.63, 3.8) is 0 Å². The molecule has 2 aliphatic rings. The number of nitrogens with zero attached hydrogens (tertiary/aromatic N) is 4. The van der Waals surface area contributed by atoms with Crippen LogP contribution in [0, 0.1) is 5.82 Å². The first kappa shape index (κ1) is 21.5. The van der Waals surface area contributed by atoms with Crippen molar-refractivity contribution >= 4 is 21.6 Å². The van der Waals surface area contributed by atoms with Crippen molar-refractivity contribution in [1.29, 1.82) is 0 Å². The van der Waals surface area contributed by atoms with Crippen molar-refractivity contribution in [2.75, 3.05) is 44.2 Å². The maximum Gasteiger partial charge on any atom is 0.271 e. The quantitative estimate of drug-likeness (QED) is 0.685. The monoisotopic (exact) mass is 448 g/mol. The second-order valence-corrected chi connectivity index (χ2v) is 9.67. The normalized spacial score (nSPS) is 17.8. The summed E-state index contributed by atoms with van der Waals surface area (Å²) in [5.41, 5.74) is 0.220. The molecule has 3 heterocycles. The molecule has 2 fully saturated rings. The third kappa shape index (κ3) is 4.49. The highest BCUT2D eigenvalue weighted by Gasteiger charge is 2.30. The fraction of sp³-hybridized carbons (Fsp3) is 0.429. The van der Waals surface area contributed by atoms with Crippen LogP contribution in [-0.4, -0.2) is 67.4 Å². The van der Waals surface area contributed by atoms with E-state index in [0.29, 0.717) is 39.3 Å². The van der Waals surface area contributed by atoms with Crippen LogP contribution in [0.1, 0.15) is 12.8 Å². The van der Waals surface area contributed by atoms with E-state index in [1.54, 1.807) is 17.0 Å². The molecular formula is C21H25FN4O4S. The highest BCUT2D eigenvalue weighted by molar-refractivity contribution is 7.89. The van der Waals surface area contributed by atoms with Gasteiger partial charge in [-0.1, -0.05) is 0 Å². The molecule has 1 aromatic heterocycles. The Hall–Kier alpha value is -2.72. The summed E-state index contributed by atoms with van der Waals surface area (Å²) in [6, 6.07) is 9.02. The van der Waals surface area contributed by atoms with E-state index in [9.17, 15) is 22.4 Å². The van der Waals surface area contributed by atoms with Gasteiger partial charge in [-0.3, -0.25) is 9.59 Å². The zero-order chi connectivity index (χ0) is 22.0. The van der Waals surface area contributed by atoms with Gasteiger partial charge in [0.05, 0.1) is 0 Å². The predicted octanol–water partition coefficient (Wildman–Crippen LogP) is 1.12. The molecule has 4 rings (SSSR count).